The lowest BCUT2D eigenvalue weighted by molar-refractivity contribution is -0.239. The minimum atomic E-state index is -0.275. The second-order valence-electron chi connectivity index (χ2n) is 3.26. The van der Waals surface area contributed by atoms with Crippen molar-refractivity contribution in [3.8, 4) is 0 Å². The highest BCUT2D eigenvalue weighted by Crippen LogP contribution is 2.16. The monoisotopic (exact) mass is 212 g/mol. The molecule has 0 radical (unpaired) electrons. The summed E-state index contributed by atoms with van der Waals surface area (Å²) >= 11 is 0. The SMILES string of the molecule is C=CC(=O)CO[C@@H]1CO[C@@H](C)O[C@H]1C=C. The lowest BCUT2D eigenvalue weighted by Gasteiger charge is -2.33. The van der Waals surface area contributed by atoms with Crippen LogP contribution in [0.25, 0.3) is 0 Å². The predicted molar refractivity (Wildman–Crippen MR) is 55.4 cm³/mol. The third-order valence-corrected chi connectivity index (χ3v) is 2.11. The summed E-state index contributed by atoms with van der Waals surface area (Å²) in [6.45, 7) is 9.23. The van der Waals surface area contributed by atoms with E-state index < -0.39 is 0 Å². The smallest absolute Gasteiger partial charge is 0.180 e. The van der Waals surface area contributed by atoms with Gasteiger partial charge in [0.25, 0.3) is 0 Å². The average Bonchev–Trinajstić information content (AvgIpc) is 2.26. The molecular weight excluding hydrogens is 196 g/mol. The highest BCUT2D eigenvalue weighted by molar-refractivity contribution is 5.90. The Morgan fingerprint density at radius 2 is 2.33 bits per heavy atom. The highest BCUT2D eigenvalue weighted by Gasteiger charge is 2.28. The van der Waals surface area contributed by atoms with Crippen LogP contribution in [0.1, 0.15) is 6.92 Å². The molecule has 0 aliphatic carbocycles. The number of rotatable bonds is 5. The first-order chi connectivity index (χ1) is 7.17. The van der Waals surface area contributed by atoms with E-state index in [1.165, 1.54) is 6.08 Å². The van der Waals surface area contributed by atoms with Gasteiger partial charge in [-0.05, 0) is 13.0 Å². The molecule has 1 saturated heterocycles. The molecule has 0 aromatic rings. The van der Waals surface area contributed by atoms with Crippen LogP contribution in [-0.2, 0) is 19.0 Å². The molecule has 0 amide bonds. The van der Waals surface area contributed by atoms with Crippen LogP contribution in [0.4, 0.5) is 0 Å². The van der Waals surface area contributed by atoms with Gasteiger partial charge < -0.3 is 14.2 Å². The van der Waals surface area contributed by atoms with E-state index in [2.05, 4.69) is 13.2 Å². The average molecular weight is 212 g/mol. The summed E-state index contributed by atoms with van der Waals surface area (Å²) in [5.74, 6) is -0.156. The Hall–Kier alpha value is -0.970. The van der Waals surface area contributed by atoms with Crippen LogP contribution < -0.4 is 0 Å². The van der Waals surface area contributed by atoms with Gasteiger partial charge >= 0.3 is 0 Å². The summed E-state index contributed by atoms with van der Waals surface area (Å²) in [6.07, 6.45) is 2.12. The van der Waals surface area contributed by atoms with Gasteiger partial charge in [-0.3, -0.25) is 4.79 Å². The molecule has 84 valence electrons. The summed E-state index contributed by atoms with van der Waals surface area (Å²) in [4.78, 5) is 11.0. The lowest BCUT2D eigenvalue weighted by atomic mass is 10.2. The van der Waals surface area contributed by atoms with E-state index in [-0.39, 0.29) is 30.9 Å². The summed E-state index contributed by atoms with van der Waals surface area (Å²) in [7, 11) is 0. The van der Waals surface area contributed by atoms with Gasteiger partial charge in [-0.1, -0.05) is 12.7 Å². The number of carbonyl (C=O) groups excluding carboxylic acids is 1. The first-order valence-corrected chi connectivity index (χ1v) is 4.84. The molecule has 1 rings (SSSR count). The second-order valence-corrected chi connectivity index (χ2v) is 3.26. The van der Waals surface area contributed by atoms with Crippen LogP contribution in [-0.4, -0.2) is 37.5 Å². The molecule has 0 bridgehead atoms. The van der Waals surface area contributed by atoms with Crippen LogP contribution in [0.2, 0.25) is 0 Å². The third kappa shape index (κ3) is 3.58. The molecule has 0 unspecified atom stereocenters. The fourth-order valence-corrected chi connectivity index (χ4v) is 1.27. The molecule has 1 aliphatic rings. The van der Waals surface area contributed by atoms with Crippen molar-refractivity contribution in [1.82, 2.24) is 0 Å². The van der Waals surface area contributed by atoms with Crippen molar-refractivity contribution in [2.24, 2.45) is 0 Å². The van der Waals surface area contributed by atoms with E-state index in [1.807, 2.05) is 6.92 Å². The first kappa shape index (κ1) is 12.1. The topological polar surface area (TPSA) is 44.8 Å². The molecule has 1 fully saturated rings. The zero-order valence-corrected chi connectivity index (χ0v) is 8.85. The molecule has 4 nitrogen and oxygen atoms in total. The highest BCUT2D eigenvalue weighted by atomic mass is 16.7. The van der Waals surface area contributed by atoms with E-state index in [0.29, 0.717) is 6.61 Å². The van der Waals surface area contributed by atoms with Gasteiger partial charge in [0.1, 0.15) is 18.8 Å². The van der Waals surface area contributed by atoms with Gasteiger partial charge in [-0.25, -0.2) is 0 Å². The quantitative estimate of drug-likeness (QED) is 0.505. The van der Waals surface area contributed by atoms with E-state index >= 15 is 0 Å². The van der Waals surface area contributed by atoms with Crippen LogP contribution in [0, 0.1) is 0 Å². The molecule has 0 N–H and O–H groups in total. The van der Waals surface area contributed by atoms with E-state index in [4.69, 9.17) is 14.2 Å². The Balaban J connectivity index is 2.42. The summed E-state index contributed by atoms with van der Waals surface area (Å²) in [6, 6.07) is 0. The Labute approximate surface area is 89.5 Å². The zero-order valence-electron chi connectivity index (χ0n) is 8.85. The molecule has 3 atom stereocenters. The maximum atomic E-state index is 11.0. The van der Waals surface area contributed by atoms with Gasteiger partial charge in [0, 0.05) is 0 Å². The van der Waals surface area contributed by atoms with Gasteiger partial charge in [0.15, 0.2) is 12.1 Å². The van der Waals surface area contributed by atoms with Gasteiger partial charge in [-0.2, -0.15) is 0 Å². The van der Waals surface area contributed by atoms with Crippen LogP contribution in [0.3, 0.4) is 0 Å². The fourth-order valence-electron chi connectivity index (χ4n) is 1.27. The molecule has 1 heterocycles. The molecular formula is C11H16O4. The molecule has 0 saturated carbocycles. The zero-order chi connectivity index (χ0) is 11.3. The van der Waals surface area contributed by atoms with Crippen molar-refractivity contribution < 1.29 is 19.0 Å². The molecule has 0 aromatic heterocycles. The van der Waals surface area contributed by atoms with Crippen molar-refractivity contribution >= 4 is 5.78 Å². The Morgan fingerprint density at radius 3 is 2.93 bits per heavy atom. The van der Waals surface area contributed by atoms with Crippen molar-refractivity contribution in [1.29, 1.82) is 0 Å². The van der Waals surface area contributed by atoms with Gasteiger partial charge in [0.05, 0.1) is 6.61 Å². The minimum Gasteiger partial charge on any atom is -0.365 e. The van der Waals surface area contributed by atoms with Crippen LogP contribution >= 0.6 is 0 Å². The summed E-state index contributed by atoms with van der Waals surface area (Å²) < 4.78 is 16.0. The normalized spacial score (nSPS) is 30.9. The Morgan fingerprint density at radius 1 is 1.60 bits per heavy atom. The third-order valence-electron chi connectivity index (χ3n) is 2.11. The van der Waals surface area contributed by atoms with E-state index in [9.17, 15) is 4.79 Å². The van der Waals surface area contributed by atoms with Crippen molar-refractivity contribution in [2.45, 2.75) is 25.4 Å². The van der Waals surface area contributed by atoms with Gasteiger partial charge in [-0.15, -0.1) is 6.58 Å². The maximum Gasteiger partial charge on any atom is 0.180 e. The Bertz CT molecular complexity index is 249. The number of ether oxygens (including phenoxy) is 3. The lowest BCUT2D eigenvalue weighted by Crippen LogP contribution is -2.43. The van der Waals surface area contributed by atoms with E-state index in [1.54, 1.807) is 6.08 Å². The number of hydrogen-bond donors (Lipinski definition) is 0. The molecule has 0 aromatic carbocycles. The van der Waals surface area contributed by atoms with Crippen LogP contribution in [0.5, 0.6) is 0 Å². The van der Waals surface area contributed by atoms with Crippen molar-refractivity contribution in [2.75, 3.05) is 13.2 Å². The number of carbonyl (C=O) groups is 1. The molecule has 0 spiro atoms. The molecule has 15 heavy (non-hydrogen) atoms. The van der Waals surface area contributed by atoms with Crippen molar-refractivity contribution in [3.05, 3.63) is 25.3 Å². The minimum absolute atomic E-state index is 0.000389. The predicted octanol–water partition coefficient (Wildman–Crippen LogP) is 1.07. The second kappa shape index (κ2) is 5.80. The maximum absolute atomic E-state index is 11.0. The Kier molecular flexibility index (Phi) is 4.68. The largest absolute Gasteiger partial charge is 0.365 e. The van der Waals surface area contributed by atoms with E-state index in [0.717, 1.165) is 0 Å². The van der Waals surface area contributed by atoms with Crippen LogP contribution in [0.15, 0.2) is 25.3 Å². The summed E-state index contributed by atoms with van der Waals surface area (Å²) in [5, 5.41) is 0. The standard InChI is InChI=1S/C11H16O4/c1-4-9(12)6-14-11-7-13-8(3)15-10(11)5-2/h4-5,8,10-11H,1-2,6-7H2,3H3/t8-,10+,11-/m1/s1. The molecule has 1 aliphatic heterocycles. The van der Waals surface area contributed by atoms with Gasteiger partial charge in [0.2, 0.25) is 0 Å². The van der Waals surface area contributed by atoms with Crippen molar-refractivity contribution in [3.63, 3.8) is 0 Å². The first-order valence-electron chi connectivity index (χ1n) is 4.84. The molecule has 4 heteroatoms. The number of ketones is 1. The fraction of sp³-hybridized carbons (Fsp3) is 0.545. The summed E-state index contributed by atoms with van der Waals surface area (Å²) in [5.41, 5.74) is 0. The number of hydrogen-bond acceptors (Lipinski definition) is 4.